The van der Waals surface area contributed by atoms with E-state index in [0.29, 0.717) is 19.8 Å². The molecule has 2 atom stereocenters. The molecule has 19 heavy (non-hydrogen) atoms. The number of hydrogen-bond donors (Lipinski definition) is 2. The third-order valence-electron chi connectivity index (χ3n) is 3.01. The van der Waals surface area contributed by atoms with Crippen molar-refractivity contribution in [3.63, 3.8) is 0 Å². The van der Waals surface area contributed by atoms with Gasteiger partial charge in [0.15, 0.2) is 0 Å². The lowest BCUT2D eigenvalue weighted by Crippen LogP contribution is -2.32. The van der Waals surface area contributed by atoms with E-state index in [-0.39, 0.29) is 18.4 Å². The van der Waals surface area contributed by atoms with Gasteiger partial charge in [0.05, 0.1) is 25.2 Å². The second-order valence-electron chi connectivity index (χ2n) is 4.47. The second kappa shape index (κ2) is 6.54. The monoisotopic (exact) mass is 265 g/mol. The molecule has 1 heterocycles. The molecule has 104 valence electrons. The van der Waals surface area contributed by atoms with Gasteiger partial charge in [-0.1, -0.05) is 18.2 Å². The maximum absolute atomic E-state index is 11.2. The van der Waals surface area contributed by atoms with Gasteiger partial charge in [0, 0.05) is 12.1 Å². The summed E-state index contributed by atoms with van der Waals surface area (Å²) in [6.45, 7) is 2.96. The van der Waals surface area contributed by atoms with E-state index in [4.69, 9.17) is 9.47 Å². The van der Waals surface area contributed by atoms with E-state index < -0.39 is 6.10 Å². The molecular weight excluding hydrogens is 246 g/mol. The van der Waals surface area contributed by atoms with Crippen molar-refractivity contribution in [3.05, 3.63) is 29.8 Å². The van der Waals surface area contributed by atoms with Crippen LogP contribution in [0.1, 0.15) is 24.9 Å². The summed E-state index contributed by atoms with van der Waals surface area (Å²) < 4.78 is 10.3. The fourth-order valence-electron chi connectivity index (χ4n) is 2.09. The van der Waals surface area contributed by atoms with Crippen LogP contribution in [0, 0.1) is 0 Å². The standard InChI is InChI=1S/C14H19NO4/c1-2-18-14(17)7-10(16)8-15-12-9-19-13-6-4-3-5-11(12)13/h3-6,10,12,15-16H,2,7-9H2,1H3. The molecule has 0 amide bonds. The number of benzene rings is 1. The molecule has 0 saturated carbocycles. The number of aliphatic hydroxyl groups is 1. The Hall–Kier alpha value is -1.59. The number of aliphatic hydroxyl groups excluding tert-OH is 1. The molecule has 1 aromatic carbocycles. The number of rotatable bonds is 6. The Morgan fingerprint density at radius 2 is 2.37 bits per heavy atom. The summed E-state index contributed by atoms with van der Waals surface area (Å²) in [5, 5.41) is 13.0. The van der Waals surface area contributed by atoms with E-state index >= 15 is 0 Å². The van der Waals surface area contributed by atoms with Crippen LogP contribution in [0.5, 0.6) is 5.75 Å². The topological polar surface area (TPSA) is 67.8 Å². The number of ether oxygens (including phenoxy) is 2. The summed E-state index contributed by atoms with van der Waals surface area (Å²) in [5.41, 5.74) is 1.09. The summed E-state index contributed by atoms with van der Waals surface area (Å²) in [4.78, 5) is 11.2. The van der Waals surface area contributed by atoms with Crippen LogP contribution in [-0.2, 0) is 9.53 Å². The molecule has 0 spiro atoms. The highest BCUT2D eigenvalue weighted by Crippen LogP contribution is 2.31. The molecule has 2 N–H and O–H groups in total. The molecule has 1 aliphatic heterocycles. The molecule has 0 bridgehead atoms. The minimum atomic E-state index is -0.744. The van der Waals surface area contributed by atoms with Gasteiger partial charge in [-0.15, -0.1) is 0 Å². The molecule has 5 heteroatoms. The van der Waals surface area contributed by atoms with E-state index in [1.165, 1.54) is 0 Å². The minimum absolute atomic E-state index is 0.00998. The molecule has 0 fully saturated rings. The SMILES string of the molecule is CCOC(=O)CC(O)CNC1COc2ccccc21. The fraction of sp³-hybridized carbons (Fsp3) is 0.500. The van der Waals surface area contributed by atoms with Crippen LogP contribution >= 0.6 is 0 Å². The molecule has 0 radical (unpaired) electrons. The van der Waals surface area contributed by atoms with E-state index in [1.54, 1.807) is 6.92 Å². The van der Waals surface area contributed by atoms with Crippen molar-refractivity contribution in [2.45, 2.75) is 25.5 Å². The lowest BCUT2D eigenvalue weighted by molar-refractivity contribution is -0.145. The first-order valence-corrected chi connectivity index (χ1v) is 6.49. The molecule has 2 rings (SSSR count). The minimum Gasteiger partial charge on any atom is -0.491 e. The first-order valence-electron chi connectivity index (χ1n) is 6.49. The van der Waals surface area contributed by atoms with Gasteiger partial charge in [-0.2, -0.15) is 0 Å². The summed E-state index contributed by atoms with van der Waals surface area (Å²) in [6, 6.07) is 7.87. The summed E-state index contributed by atoms with van der Waals surface area (Å²) in [7, 11) is 0. The molecule has 1 aromatic rings. The maximum Gasteiger partial charge on any atom is 0.308 e. The Kier molecular flexibility index (Phi) is 4.76. The van der Waals surface area contributed by atoms with Crippen LogP contribution in [0.2, 0.25) is 0 Å². The predicted molar refractivity (Wildman–Crippen MR) is 69.9 cm³/mol. The zero-order valence-electron chi connectivity index (χ0n) is 11.0. The van der Waals surface area contributed by atoms with E-state index in [1.807, 2.05) is 24.3 Å². The average Bonchev–Trinajstić information content (AvgIpc) is 2.80. The van der Waals surface area contributed by atoms with Crippen LogP contribution < -0.4 is 10.1 Å². The van der Waals surface area contributed by atoms with Gasteiger partial charge in [-0.3, -0.25) is 4.79 Å². The Morgan fingerprint density at radius 1 is 1.58 bits per heavy atom. The average molecular weight is 265 g/mol. The zero-order valence-corrected chi connectivity index (χ0v) is 11.0. The van der Waals surface area contributed by atoms with E-state index in [2.05, 4.69) is 5.32 Å². The van der Waals surface area contributed by atoms with E-state index in [9.17, 15) is 9.90 Å². The third-order valence-corrected chi connectivity index (χ3v) is 3.01. The fourth-order valence-corrected chi connectivity index (χ4v) is 2.09. The second-order valence-corrected chi connectivity index (χ2v) is 4.47. The number of esters is 1. The van der Waals surface area contributed by atoms with Crippen LogP contribution in [0.25, 0.3) is 0 Å². The van der Waals surface area contributed by atoms with Crippen molar-refractivity contribution >= 4 is 5.97 Å². The van der Waals surface area contributed by atoms with Gasteiger partial charge in [0.2, 0.25) is 0 Å². The van der Waals surface area contributed by atoms with E-state index in [0.717, 1.165) is 11.3 Å². The number of para-hydroxylation sites is 1. The molecule has 2 unspecified atom stereocenters. The summed E-state index contributed by atoms with van der Waals surface area (Å²) in [5.74, 6) is 0.500. The first kappa shape index (κ1) is 13.8. The van der Waals surface area contributed by atoms with Crippen LogP contribution in [0.3, 0.4) is 0 Å². The zero-order chi connectivity index (χ0) is 13.7. The van der Waals surface area contributed by atoms with Crippen molar-refractivity contribution in [1.29, 1.82) is 0 Å². The van der Waals surface area contributed by atoms with Crippen LogP contribution in [0.15, 0.2) is 24.3 Å². The molecule has 1 aliphatic rings. The van der Waals surface area contributed by atoms with Gasteiger partial charge in [0.25, 0.3) is 0 Å². The van der Waals surface area contributed by atoms with Crippen molar-refractivity contribution in [3.8, 4) is 5.75 Å². The van der Waals surface area contributed by atoms with Gasteiger partial charge >= 0.3 is 5.97 Å². The highest BCUT2D eigenvalue weighted by Gasteiger charge is 2.24. The Bertz CT molecular complexity index is 435. The van der Waals surface area contributed by atoms with Gasteiger partial charge in [0.1, 0.15) is 12.4 Å². The predicted octanol–water partition coefficient (Wildman–Crippen LogP) is 1.02. The molecular formula is C14H19NO4. The number of carbonyl (C=O) groups excluding carboxylic acids is 1. The normalized spacial score (nSPS) is 18.5. The Labute approximate surface area is 112 Å². The van der Waals surface area contributed by atoms with Crippen LogP contribution in [0.4, 0.5) is 0 Å². The molecule has 5 nitrogen and oxygen atoms in total. The number of carbonyl (C=O) groups is 1. The number of hydrogen-bond acceptors (Lipinski definition) is 5. The maximum atomic E-state index is 11.2. The number of nitrogens with one attached hydrogen (secondary N) is 1. The van der Waals surface area contributed by atoms with Gasteiger partial charge < -0.3 is 19.9 Å². The first-order chi connectivity index (χ1) is 9.20. The van der Waals surface area contributed by atoms with Crippen molar-refractivity contribution in [2.24, 2.45) is 0 Å². The highest BCUT2D eigenvalue weighted by molar-refractivity contribution is 5.69. The van der Waals surface area contributed by atoms with Gasteiger partial charge in [-0.25, -0.2) is 0 Å². The Balaban J connectivity index is 1.79. The number of fused-ring (bicyclic) bond motifs is 1. The largest absolute Gasteiger partial charge is 0.491 e. The lowest BCUT2D eigenvalue weighted by Gasteiger charge is -2.15. The third kappa shape index (κ3) is 3.68. The van der Waals surface area contributed by atoms with Crippen molar-refractivity contribution < 1.29 is 19.4 Å². The quantitative estimate of drug-likeness (QED) is 0.752. The summed E-state index contributed by atoms with van der Waals surface area (Å²) >= 11 is 0. The van der Waals surface area contributed by atoms with Crippen molar-refractivity contribution in [2.75, 3.05) is 19.8 Å². The lowest BCUT2D eigenvalue weighted by atomic mass is 10.1. The summed E-state index contributed by atoms with van der Waals surface area (Å²) in [6.07, 6.45) is -0.734. The van der Waals surface area contributed by atoms with Crippen LogP contribution in [-0.4, -0.2) is 36.9 Å². The molecule has 0 aliphatic carbocycles. The van der Waals surface area contributed by atoms with Crippen molar-refractivity contribution in [1.82, 2.24) is 5.32 Å². The van der Waals surface area contributed by atoms with Gasteiger partial charge in [-0.05, 0) is 13.0 Å². The molecule has 0 aromatic heterocycles. The Morgan fingerprint density at radius 3 is 3.16 bits per heavy atom. The smallest absolute Gasteiger partial charge is 0.308 e. The highest BCUT2D eigenvalue weighted by atomic mass is 16.5. The molecule has 0 saturated heterocycles.